The Morgan fingerprint density at radius 2 is 2.05 bits per heavy atom. The maximum atomic E-state index is 11.8. The average Bonchev–Trinajstić information content (AvgIpc) is 2.47. The smallest absolute Gasteiger partial charge is 0.271 e. The van der Waals surface area contributed by atoms with Crippen molar-refractivity contribution in [3.05, 3.63) is 54.1 Å². The van der Waals surface area contributed by atoms with Gasteiger partial charge in [0.2, 0.25) is 0 Å². The first kappa shape index (κ1) is 13.5. The molecule has 0 aliphatic heterocycles. The molecule has 19 heavy (non-hydrogen) atoms. The molecule has 5 heteroatoms. The lowest BCUT2D eigenvalue weighted by molar-refractivity contribution is 0.0945. The standard InChI is InChI=1S/C14H15N3OS/c1-2-19-12-5-3-11(4-6-12)9-17-14(18)13-10-15-7-8-16-13/h3-8,10H,2,9H2,1H3,(H,17,18). The topological polar surface area (TPSA) is 54.9 Å². The number of nitrogens with zero attached hydrogens (tertiary/aromatic N) is 2. The highest BCUT2D eigenvalue weighted by atomic mass is 32.2. The molecule has 0 saturated heterocycles. The molecule has 2 aromatic rings. The SMILES string of the molecule is CCSc1ccc(CNC(=O)c2cnccn2)cc1. The molecule has 1 amide bonds. The first-order chi connectivity index (χ1) is 9.29. The summed E-state index contributed by atoms with van der Waals surface area (Å²) in [6.45, 7) is 2.62. The molecule has 0 aliphatic carbocycles. The van der Waals surface area contributed by atoms with Crippen LogP contribution in [0.25, 0.3) is 0 Å². The van der Waals surface area contributed by atoms with Crippen LogP contribution in [-0.4, -0.2) is 21.6 Å². The molecule has 0 atom stereocenters. The first-order valence-corrected chi connectivity index (χ1v) is 7.04. The molecule has 0 spiro atoms. The molecule has 4 nitrogen and oxygen atoms in total. The summed E-state index contributed by atoms with van der Waals surface area (Å²) in [6, 6.07) is 8.18. The van der Waals surface area contributed by atoms with Crippen LogP contribution in [0.2, 0.25) is 0 Å². The van der Waals surface area contributed by atoms with Crippen LogP contribution in [0, 0.1) is 0 Å². The normalized spacial score (nSPS) is 10.2. The third-order valence-electron chi connectivity index (χ3n) is 2.48. The summed E-state index contributed by atoms with van der Waals surface area (Å²) in [5, 5.41) is 2.82. The first-order valence-electron chi connectivity index (χ1n) is 6.05. The van der Waals surface area contributed by atoms with E-state index in [-0.39, 0.29) is 5.91 Å². The quantitative estimate of drug-likeness (QED) is 0.850. The Kier molecular flexibility index (Phi) is 4.92. The number of hydrogen-bond donors (Lipinski definition) is 1. The molecular weight excluding hydrogens is 258 g/mol. The molecule has 0 unspecified atom stereocenters. The Bertz CT molecular complexity index is 528. The van der Waals surface area contributed by atoms with Gasteiger partial charge in [-0.3, -0.25) is 9.78 Å². The lowest BCUT2D eigenvalue weighted by Gasteiger charge is -2.05. The fourth-order valence-electron chi connectivity index (χ4n) is 1.56. The van der Waals surface area contributed by atoms with E-state index in [1.165, 1.54) is 17.3 Å². The Morgan fingerprint density at radius 3 is 2.68 bits per heavy atom. The molecule has 2 rings (SSSR count). The van der Waals surface area contributed by atoms with Crippen LogP contribution < -0.4 is 5.32 Å². The van der Waals surface area contributed by atoms with E-state index in [9.17, 15) is 4.79 Å². The van der Waals surface area contributed by atoms with Crippen LogP contribution in [0.4, 0.5) is 0 Å². The Balaban J connectivity index is 1.90. The van der Waals surface area contributed by atoms with E-state index in [2.05, 4.69) is 34.3 Å². The van der Waals surface area contributed by atoms with Gasteiger partial charge in [-0.1, -0.05) is 19.1 Å². The van der Waals surface area contributed by atoms with Crippen LogP contribution in [0.5, 0.6) is 0 Å². The molecule has 1 heterocycles. The van der Waals surface area contributed by atoms with E-state index >= 15 is 0 Å². The molecule has 1 N–H and O–H groups in total. The van der Waals surface area contributed by atoms with Crippen molar-refractivity contribution >= 4 is 17.7 Å². The van der Waals surface area contributed by atoms with E-state index in [1.807, 2.05) is 12.1 Å². The largest absolute Gasteiger partial charge is 0.347 e. The van der Waals surface area contributed by atoms with Crippen LogP contribution in [0.15, 0.2) is 47.8 Å². The molecule has 1 aromatic carbocycles. The van der Waals surface area contributed by atoms with Crippen molar-refractivity contribution in [3.63, 3.8) is 0 Å². The summed E-state index contributed by atoms with van der Waals surface area (Å²) in [4.78, 5) is 20.8. The van der Waals surface area contributed by atoms with Gasteiger partial charge in [-0.25, -0.2) is 4.98 Å². The van der Waals surface area contributed by atoms with Crippen molar-refractivity contribution in [3.8, 4) is 0 Å². The zero-order valence-corrected chi connectivity index (χ0v) is 11.5. The second-order valence-corrected chi connectivity index (χ2v) is 5.19. The number of rotatable bonds is 5. The third-order valence-corrected chi connectivity index (χ3v) is 3.38. The number of carbonyl (C=O) groups excluding carboxylic acids is 1. The highest BCUT2D eigenvalue weighted by Crippen LogP contribution is 2.17. The number of nitrogens with one attached hydrogen (secondary N) is 1. The minimum Gasteiger partial charge on any atom is -0.347 e. The van der Waals surface area contributed by atoms with Gasteiger partial charge in [-0.2, -0.15) is 0 Å². The van der Waals surface area contributed by atoms with Gasteiger partial charge in [0, 0.05) is 23.8 Å². The van der Waals surface area contributed by atoms with E-state index < -0.39 is 0 Å². The molecule has 0 bridgehead atoms. The lowest BCUT2D eigenvalue weighted by atomic mass is 10.2. The van der Waals surface area contributed by atoms with Gasteiger partial charge in [-0.15, -0.1) is 11.8 Å². The van der Waals surface area contributed by atoms with Gasteiger partial charge in [0.05, 0.1) is 6.20 Å². The van der Waals surface area contributed by atoms with Crippen molar-refractivity contribution < 1.29 is 4.79 Å². The molecule has 0 aliphatic rings. The number of amides is 1. The fourth-order valence-corrected chi connectivity index (χ4v) is 2.22. The molecule has 0 saturated carbocycles. The van der Waals surface area contributed by atoms with Gasteiger partial charge in [0.1, 0.15) is 5.69 Å². The van der Waals surface area contributed by atoms with Crippen molar-refractivity contribution in [1.29, 1.82) is 0 Å². The predicted molar refractivity (Wildman–Crippen MR) is 76.0 cm³/mol. The van der Waals surface area contributed by atoms with Gasteiger partial charge in [-0.05, 0) is 23.4 Å². The summed E-state index contributed by atoms with van der Waals surface area (Å²) in [5.41, 5.74) is 1.40. The summed E-state index contributed by atoms with van der Waals surface area (Å²) < 4.78 is 0. The zero-order chi connectivity index (χ0) is 13.5. The van der Waals surface area contributed by atoms with Crippen LogP contribution in [0.1, 0.15) is 23.0 Å². The van der Waals surface area contributed by atoms with Crippen LogP contribution in [-0.2, 0) is 6.54 Å². The Hall–Kier alpha value is -1.88. The predicted octanol–water partition coefficient (Wildman–Crippen LogP) is 2.52. The maximum absolute atomic E-state index is 11.8. The van der Waals surface area contributed by atoms with Crippen LogP contribution in [0.3, 0.4) is 0 Å². The fraction of sp³-hybridized carbons (Fsp3) is 0.214. The lowest BCUT2D eigenvalue weighted by Crippen LogP contribution is -2.23. The van der Waals surface area contributed by atoms with Crippen molar-refractivity contribution in [2.45, 2.75) is 18.4 Å². The van der Waals surface area contributed by atoms with Crippen molar-refractivity contribution in [2.75, 3.05) is 5.75 Å². The van der Waals surface area contributed by atoms with E-state index in [4.69, 9.17) is 0 Å². The van der Waals surface area contributed by atoms with E-state index in [0.29, 0.717) is 12.2 Å². The maximum Gasteiger partial charge on any atom is 0.271 e. The van der Waals surface area contributed by atoms with E-state index in [0.717, 1.165) is 11.3 Å². The monoisotopic (exact) mass is 273 g/mol. The van der Waals surface area contributed by atoms with Crippen molar-refractivity contribution in [1.82, 2.24) is 15.3 Å². The highest BCUT2D eigenvalue weighted by molar-refractivity contribution is 7.99. The molecule has 0 radical (unpaired) electrons. The van der Waals surface area contributed by atoms with E-state index in [1.54, 1.807) is 18.0 Å². The van der Waals surface area contributed by atoms with Crippen molar-refractivity contribution in [2.24, 2.45) is 0 Å². The number of carbonyl (C=O) groups is 1. The third kappa shape index (κ3) is 4.06. The summed E-state index contributed by atoms with van der Waals surface area (Å²) in [5.74, 6) is 0.850. The molecule has 1 aromatic heterocycles. The molecular formula is C14H15N3OS. The van der Waals surface area contributed by atoms with Gasteiger partial charge in [0.15, 0.2) is 0 Å². The minimum atomic E-state index is -0.208. The number of hydrogen-bond acceptors (Lipinski definition) is 4. The summed E-state index contributed by atoms with van der Waals surface area (Å²) in [6.07, 6.45) is 4.50. The number of thioether (sulfide) groups is 1. The Labute approximate surface area is 116 Å². The molecule has 98 valence electrons. The summed E-state index contributed by atoms with van der Waals surface area (Å²) in [7, 11) is 0. The zero-order valence-electron chi connectivity index (χ0n) is 10.7. The second-order valence-electron chi connectivity index (χ2n) is 3.85. The number of aromatic nitrogens is 2. The molecule has 0 fully saturated rings. The van der Waals surface area contributed by atoms with Gasteiger partial charge < -0.3 is 5.32 Å². The average molecular weight is 273 g/mol. The van der Waals surface area contributed by atoms with Gasteiger partial charge in [0.25, 0.3) is 5.91 Å². The summed E-state index contributed by atoms with van der Waals surface area (Å²) >= 11 is 1.80. The number of benzene rings is 1. The highest BCUT2D eigenvalue weighted by Gasteiger charge is 2.05. The Morgan fingerprint density at radius 1 is 1.26 bits per heavy atom. The minimum absolute atomic E-state index is 0.208. The van der Waals surface area contributed by atoms with Crippen LogP contribution >= 0.6 is 11.8 Å². The second kappa shape index (κ2) is 6.89. The van der Waals surface area contributed by atoms with Gasteiger partial charge >= 0.3 is 0 Å².